The predicted octanol–water partition coefficient (Wildman–Crippen LogP) is 1.43. The van der Waals surface area contributed by atoms with Crippen LogP contribution in [-0.4, -0.2) is 19.9 Å². The molecule has 2 unspecified atom stereocenters. The van der Waals surface area contributed by atoms with Crippen LogP contribution in [0.5, 0.6) is 0 Å². The Balaban J connectivity index is 2.95. The highest BCUT2D eigenvalue weighted by Crippen LogP contribution is 2.19. The molecule has 0 aromatic heterocycles. The minimum atomic E-state index is -3.09. The molecule has 0 aliphatic rings. The van der Waals surface area contributed by atoms with Crippen LogP contribution < -0.4 is 5.73 Å². The van der Waals surface area contributed by atoms with Gasteiger partial charge < -0.3 is 5.73 Å². The van der Waals surface area contributed by atoms with Gasteiger partial charge in [0, 0.05) is 12.3 Å². The van der Waals surface area contributed by atoms with Gasteiger partial charge in [-0.3, -0.25) is 0 Å². The van der Waals surface area contributed by atoms with Crippen molar-refractivity contribution < 1.29 is 8.42 Å². The lowest BCUT2D eigenvalue weighted by Crippen LogP contribution is -2.30. The van der Waals surface area contributed by atoms with Gasteiger partial charge in [0.25, 0.3) is 0 Å². The van der Waals surface area contributed by atoms with Crippen molar-refractivity contribution in [3.8, 4) is 0 Å². The molecule has 3 nitrogen and oxygen atoms in total. The van der Waals surface area contributed by atoms with Crippen molar-refractivity contribution in [3.63, 3.8) is 0 Å². The first-order valence-electron chi connectivity index (χ1n) is 4.83. The first-order valence-corrected chi connectivity index (χ1v) is 6.79. The van der Waals surface area contributed by atoms with Gasteiger partial charge in [-0.05, 0) is 19.4 Å². The number of nitrogens with two attached hydrogens (primary N) is 1. The van der Waals surface area contributed by atoms with Crippen molar-refractivity contribution in [2.45, 2.75) is 25.1 Å². The molecule has 15 heavy (non-hydrogen) atoms. The Morgan fingerprint density at radius 3 is 2.07 bits per heavy atom. The molecule has 0 aliphatic carbocycles. The summed E-state index contributed by atoms with van der Waals surface area (Å²) in [5.41, 5.74) is 7.89. The molecule has 0 heterocycles. The van der Waals surface area contributed by atoms with E-state index >= 15 is 0 Å². The van der Waals surface area contributed by atoms with E-state index in [2.05, 4.69) is 0 Å². The second-order valence-electron chi connectivity index (χ2n) is 3.97. The van der Waals surface area contributed by atoms with Crippen molar-refractivity contribution in [3.05, 3.63) is 35.4 Å². The van der Waals surface area contributed by atoms with E-state index < -0.39 is 21.1 Å². The summed E-state index contributed by atoms with van der Waals surface area (Å²) in [6.45, 7) is 3.62. The van der Waals surface area contributed by atoms with Gasteiger partial charge in [0.1, 0.15) is 0 Å². The smallest absolute Gasteiger partial charge is 0.151 e. The average Bonchev–Trinajstić information content (AvgIpc) is 2.15. The maximum absolute atomic E-state index is 11.3. The number of benzene rings is 1. The monoisotopic (exact) mass is 227 g/mol. The van der Waals surface area contributed by atoms with Crippen LogP contribution >= 0.6 is 0 Å². The fourth-order valence-corrected chi connectivity index (χ4v) is 2.02. The second-order valence-corrected chi connectivity index (χ2v) is 6.37. The van der Waals surface area contributed by atoms with Crippen LogP contribution in [0.25, 0.3) is 0 Å². The molecule has 0 bridgehead atoms. The molecule has 0 saturated heterocycles. The summed E-state index contributed by atoms with van der Waals surface area (Å²) < 4.78 is 22.7. The molecule has 84 valence electrons. The third-order valence-electron chi connectivity index (χ3n) is 2.64. The van der Waals surface area contributed by atoms with E-state index in [1.165, 1.54) is 6.26 Å². The summed E-state index contributed by atoms with van der Waals surface area (Å²) in [7, 11) is -3.09. The molecule has 2 atom stereocenters. The highest BCUT2D eigenvalue weighted by atomic mass is 32.2. The van der Waals surface area contributed by atoms with E-state index in [1.807, 2.05) is 31.2 Å². The normalized spacial score (nSPS) is 16.0. The van der Waals surface area contributed by atoms with Crippen molar-refractivity contribution in [2.75, 3.05) is 6.26 Å². The zero-order chi connectivity index (χ0) is 11.6. The van der Waals surface area contributed by atoms with Gasteiger partial charge in [-0.1, -0.05) is 29.8 Å². The molecule has 1 aromatic carbocycles. The molecule has 4 heteroatoms. The van der Waals surface area contributed by atoms with Crippen LogP contribution in [0.15, 0.2) is 24.3 Å². The van der Waals surface area contributed by atoms with E-state index in [0.29, 0.717) is 0 Å². The average molecular weight is 227 g/mol. The van der Waals surface area contributed by atoms with E-state index in [0.717, 1.165) is 11.1 Å². The van der Waals surface area contributed by atoms with Crippen LogP contribution in [0.3, 0.4) is 0 Å². The van der Waals surface area contributed by atoms with Gasteiger partial charge in [0.15, 0.2) is 9.84 Å². The zero-order valence-corrected chi connectivity index (χ0v) is 10.1. The Bertz CT molecular complexity index is 422. The molecule has 0 saturated carbocycles. The highest BCUT2D eigenvalue weighted by molar-refractivity contribution is 7.91. The molecule has 0 fully saturated rings. The first-order chi connectivity index (χ1) is 6.82. The topological polar surface area (TPSA) is 60.2 Å². The number of hydrogen-bond donors (Lipinski definition) is 1. The van der Waals surface area contributed by atoms with Crippen molar-refractivity contribution >= 4 is 9.84 Å². The van der Waals surface area contributed by atoms with Gasteiger partial charge in [0.05, 0.1) is 5.25 Å². The van der Waals surface area contributed by atoms with Crippen molar-refractivity contribution in [1.82, 2.24) is 0 Å². The second kappa shape index (κ2) is 4.33. The fraction of sp³-hybridized carbons (Fsp3) is 0.455. The molecule has 0 aliphatic heterocycles. The van der Waals surface area contributed by atoms with Gasteiger partial charge >= 0.3 is 0 Å². The molecule has 1 rings (SSSR count). The zero-order valence-electron chi connectivity index (χ0n) is 9.27. The quantitative estimate of drug-likeness (QED) is 0.849. The van der Waals surface area contributed by atoms with Crippen molar-refractivity contribution in [1.29, 1.82) is 0 Å². The van der Waals surface area contributed by atoms with Crippen LogP contribution in [-0.2, 0) is 9.84 Å². The van der Waals surface area contributed by atoms with Gasteiger partial charge in [-0.15, -0.1) is 0 Å². The Labute approximate surface area is 91.2 Å². The van der Waals surface area contributed by atoms with Gasteiger partial charge in [-0.25, -0.2) is 8.42 Å². The minimum absolute atomic E-state index is 0.458. The molecule has 1 aromatic rings. The molecular weight excluding hydrogens is 210 g/mol. The van der Waals surface area contributed by atoms with E-state index in [4.69, 9.17) is 5.73 Å². The summed E-state index contributed by atoms with van der Waals surface area (Å²) >= 11 is 0. The number of rotatable bonds is 3. The molecule has 0 amide bonds. The van der Waals surface area contributed by atoms with Crippen LogP contribution in [0.1, 0.15) is 24.1 Å². The van der Waals surface area contributed by atoms with E-state index in [9.17, 15) is 8.42 Å². The first kappa shape index (κ1) is 12.2. The third-order valence-corrected chi connectivity index (χ3v) is 4.29. The Morgan fingerprint density at radius 1 is 1.20 bits per heavy atom. The lowest BCUT2D eigenvalue weighted by atomic mass is 10.0. The number of hydrogen-bond acceptors (Lipinski definition) is 3. The third kappa shape index (κ3) is 3.04. The largest absolute Gasteiger partial charge is 0.323 e. The fourth-order valence-electron chi connectivity index (χ4n) is 1.33. The SMILES string of the molecule is Cc1ccc(C(N)C(C)S(C)(=O)=O)cc1. The summed E-state index contributed by atoms with van der Waals surface area (Å²) in [6.07, 6.45) is 1.21. The van der Waals surface area contributed by atoms with Gasteiger partial charge in [0.2, 0.25) is 0 Å². The summed E-state index contributed by atoms with van der Waals surface area (Å²) in [5.74, 6) is 0. The Morgan fingerprint density at radius 2 is 1.67 bits per heavy atom. The highest BCUT2D eigenvalue weighted by Gasteiger charge is 2.23. The summed E-state index contributed by atoms with van der Waals surface area (Å²) in [4.78, 5) is 0. The Kier molecular flexibility index (Phi) is 3.52. The Hall–Kier alpha value is -0.870. The van der Waals surface area contributed by atoms with Crippen LogP contribution in [0.2, 0.25) is 0 Å². The van der Waals surface area contributed by atoms with Crippen LogP contribution in [0, 0.1) is 6.92 Å². The lowest BCUT2D eigenvalue weighted by Gasteiger charge is -2.18. The molecular formula is C11H17NO2S. The number of sulfone groups is 1. The lowest BCUT2D eigenvalue weighted by molar-refractivity contribution is 0.571. The molecule has 0 spiro atoms. The van der Waals surface area contributed by atoms with E-state index in [-0.39, 0.29) is 0 Å². The van der Waals surface area contributed by atoms with Crippen LogP contribution in [0.4, 0.5) is 0 Å². The van der Waals surface area contributed by atoms with Crippen molar-refractivity contribution in [2.24, 2.45) is 5.73 Å². The standard InChI is InChI=1S/C11H17NO2S/c1-8-4-6-10(7-5-8)11(12)9(2)15(3,13)14/h4-7,9,11H,12H2,1-3H3. The molecule has 0 radical (unpaired) electrons. The predicted molar refractivity (Wildman–Crippen MR) is 62.4 cm³/mol. The van der Waals surface area contributed by atoms with E-state index in [1.54, 1.807) is 6.92 Å². The molecule has 2 N–H and O–H groups in total. The minimum Gasteiger partial charge on any atom is -0.323 e. The summed E-state index contributed by atoms with van der Waals surface area (Å²) in [5, 5.41) is -0.555. The maximum atomic E-state index is 11.3. The van der Waals surface area contributed by atoms with Gasteiger partial charge in [-0.2, -0.15) is 0 Å². The summed E-state index contributed by atoms with van der Waals surface area (Å²) in [6, 6.07) is 7.16. The maximum Gasteiger partial charge on any atom is 0.151 e. The number of aryl methyl sites for hydroxylation is 1.